The quantitative estimate of drug-likeness (QED) is 0.475. The molecule has 1 heterocycles. The Bertz CT molecular complexity index is 861. The first kappa shape index (κ1) is 18.6. The average molecular weight is 360 g/mol. The molecule has 1 nitrogen and oxygen atoms in total. The third-order valence-corrected chi connectivity index (χ3v) is 7.21. The van der Waals surface area contributed by atoms with Crippen LogP contribution in [0.2, 0.25) is 19.6 Å². The standard InChI is InChI=1S/C24H29NSi/c1-6-18(2)22-16-23(25-17-24(22)26(3,4)5)21-14-12-20(13-15-21)19-10-8-7-9-11-19/h7-18H,6H2,1-5H3. The maximum Gasteiger partial charge on any atom is 0.0799 e. The molecule has 2 aromatic carbocycles. The largest absolute Gasteiger partial charge is 0.256 e. The molecule has 3 rings (SSSR count). The van der Waals surface area contributed by atoms with E-state index in [4.69, 9.17) is 4.98 Å². The molecule has 0 amide bonds. The smallest absolute Gasteiger partial charge is 0.0799 e. The lowest BCUT2D eigenvalue weighted by atomic mass is 9.97. The van der Waals surface area contributed by atoms with E-state index in [1.165, 1.54) is 27.4 Å². The van der Waals surface area contributed by atoms with Crippen LogP contribution in [-0.2, 0) is 0 Å². The van der Waals surface area contributed by atoms with Crippen molar-refractivity contribution in [1.29, 1.82) is 0 Å². The van der Waals surface area contributed by atoms with E-state index in [0.29, 0.717) is 5.92 Å². The molecular weight excluding hydrogens is 330 g/mol. The summed E-state index contributed by atoms with van der Waals surface area (Å²) in [6.07, 6.45) is 3.31. The Balaban J connectivity index is 1.99. The van der Waals surface area contributed by atoms with Gasteiger partial charge in [0.15, 0.2) is 0 Å². The zero-order valence-corrected chi connectivity index (χ0v) is 17.6. The summed E-state index contributed by atoms with van der Waals surface area (Å²) in [5, 5.41) is 1.50. The Morgan fingerprint density at radius 1 is 0.846 bits per heavy atom. The van der Waals surface area contributed by atoms with E-state index in [9.17, 15) is 0 Å². The third kappa shape index (κ3) is 3.96. The highest BCUT2D eigenvalue weighted by molar-refractivity contribution is 6.89. The van der Waals surface area contributed by atoms with Crippen molar-refractivity contribution in [3.8, 4) is 22.4 Å². The average Bonchev–Trinajstić information content (AvgIpc) is 2.67. The molecule has 0 aliphatic rings. The first-order valence-electron chi connectivity index (χ1n) is 9.56. The van der Waals surface area contributed by atoms with Crippen LogP contribution in [0.1, 0.15) is 31.7 Å². The fourth-order valence-corrected chi connectivity index (χ4v) is 4.98. The second-order valence-corrected chi connectivity index (χ2v) is 13.2. The number of hydrogen-bond acceptors (Lipinski definition) is 1. The number of nitrogens with zero attached hydrogens (tertiary/aromatic N) is 1. The molecule has 1 aromatic heterocycles. The zero-order chi connectivity index (χ0) is 18.7. The molecule has 0 spiro atoms. The minimum Gasteiger partial charge on any atom is -0.256 e. The fraction of sp³-hybridized carbons (Fsp3) is 0.292. The van der Waals surface area contributed by atoms with Gasteiger partial charge in [-0.05, 0) is 40.3 Å². The van der Waals surface area contributed by atoms with Crippen LogP contribution >= 0.6 is 0 Å². The van der Waals surface area contributed by atoms with Crippen molar-refractivity contribution in [2.75, 3.05) is 0 Å². The first-order valence-corrected chi connectivity index (χ1v) is 13.1. The molecule has 26 heavy (non-hydrogen) atoms. The van der Waals surface area contributed by atoms with E-state index >= 15 is 0 Å². The summed E-state index contributed by atoms with van der Waals surface area (Å²) in [5.41, 5.74) is 6.26. The molecule has 1 unspecified atom stereocenters. The number of rotatable bonds is 5. The maximum absolute atomic E-state index is 4.83. The van der Waals surface area contributed by atoms with Gasteiger partial charge in [-0.15, -0.1) is 0 Å². The summed E-state index contributed by atoms with van der Waals surface area (Å²) in [4.78, 5) is 4.83. The number of pyridine rings is 1. The summed E-state index contributed by atoms with van der Waals surface area (Å²) in [5.74, 6) is 0.571. The van der Waals surface area contributed by atoms with Gasteiger partial charge in [-0.25, -0.2) is 0 Å². The molecule has 0 aliphatic carbocycles. The normalized spacial score (nSPS) is 12.8. The molecular formula is C24H29NSi. The van der Waals surface area contributed by atoms with E-state index in [2.05, 4.69) is 100 Å². The molecule has 0 N–H and O–H groups in total. The van der Waals surface area contributed by atoms with E-state index < -0.39 is 8.07 Å². The lowest BCUT2D eigenvalue weighted by Gasteiger charge is -2.24. The van der Waals surface area contributed by atoms with Crippen LogP contribution in [0.15, 0.2) is 66.9 Å². The summed E-state index contributed by atoms with van der Waals surface area (Å²) in [6, 6.07) is 21.6. The van der Waals surface area contributed by atoms with E-state index in [1.807, 2.05) is 0 Å². The summed E-state index contributed by atoms with van der Waals surface area (Å²) in [6.45, 7) is 11.8. The van der Waals surface area contributed by atoms with Crippen molar-refractivity contribution in [3.63, 3.8) is 0 Å². The van der Waals surface area contributed by atoms with Crippen LogP contribution in [0.3, 0.4) is 0 Å². The summed E-state index contributed by atoms with van der Waals surface area (Å²) in [7, 11) is -1.40. The van der Waals surface area contributed by atoms with Gasteiger partial charge >= 0.3 is 0 Å². The van der Waals surface area contributed by atoms with Crippen LogP contribution in [-0.4, -0.2) is 13.1 Å². The van der Waals surface area contributed by atoms with Crippen molar-refractivity contribution < 1.29 is 0 Å². The Hall–Kier alpha value is -2.19. The highest BCUT2D eigenvalue weighted by Crippen LogP contribution is 2.27. The monoisotopic (exact) mass is 359 g/mol. The molecule has 0 bridgehead atoms. The van der Waals surface area contributed by atoms with Crippen molar-refractivity contribution in [2.24, 2.45) is 0 Å². The van der Waals surface area contributed by atoms with E-state index in [-0.39, 0.29) is 0 Å². The van der Waals surface area contributed by atoms with Crippen LogP contribution in [0, 0.1) is 0 Å². The second kappa shape index (κ2) is 7.59. The van der Waals surface area contributed by atoms with Gasteiger partial charge in [0, 0.05) is 11.8 Å². The molecule has 0 fully saturated rings. The predicted octanol–water partition coefficient (Wildman–Crippen LogP) is 6.47. The van der Waals surface area contributed by atoms with Crippen LogP contribution in [0.5, 0.6) is 0 Å². The van der Waals surface area contributed by atoms with Gasteiger partial charge in [0.25, 0.3) is 0 Å². The second-order valence-electron chi connectivity index (χ2n) is 8.16. The molecule has 1 atom stereocenters. The Labute approximate surface area is 159 Å². The maximum atomic E-state index is 4.83. The summed E-state index contributed by atoms with van der Waals surface area (Å²) < 4.78 is 0. The molecule has 134 valence electrons. The minimum atomic E-state index is -1.40. The molecule has 3 aromatic rings. The van der Waals surface area contributed by atoms with Crippen molar-refractivity contribution in [3.05, 3.63) is 72.4 Å². The molecule has 0 radical (unpaired) electrons. The van der Waals surface area contributed by atoms with Gasteiger partial charge < -0.3 is 0 Å². The van der Waals surface area contributed by atoms with Gasteiger partial charge in [0.05, 0.1) is 13.8 Å². The number of hydrogen-bond donors (Lipinski definition) is 0. The zero-order valence-electron chi connectivity index (χ0n) is 16.6. The summed E-state index contributed by atoms with van der Waals surface area (Å²) >= 11 is 0. The van der Waals surface area contributed by atoms with E-state index in [0.717, 1.165) is 12.1 Å². The van der Waals surface area contributed by atoms with Gasteiger partial charge in [-0.3, -0.25) is 4.98 Å². The number of aromatic nitrogens is 1. The van der Waals surface area contributed by atoms with Crippen molar-refractivity contribution in [2.45, 2.75) is 45.8 Å². The van der Waals surface area contributed by atoms with Crippen LogP contribution in [0.25, 0.3) is 22.4 Å². The highest BCUT2D eigenvalue weighted by Gasteiger charge is 2.23. The van der Waals surface area contributed by atoms with Crippen LogP contribution < -0.4 is 5.19 Å². The predicted molar refractivity (Wildman–Crippen MR) is 117 cm³/mol. The van der Waals surface area contributed by atoms with Gasteiger partial charge in [-0.1, -0.05) is 88.1 Å². The van der Waals surface area contributed by atoms with Gasteiger partial charge in [0.2, 0.25) is 0 Å². The topological polar surface area (TPSA) is 12.9 Å². The lowest BCUT2D eigenvalue weighted by Crippen LogP contribution is -2.41. The first-order chi connectivity index (χ1) is 12.4. The van der Waals surface area contributed by atoms with E-state index in [1.54, 1.807) is 0 Å². The number of benzene rings is 2. The van der Waals surface area contributed by atoms with Gasteiger partial charge in [0.1, 0.15) is 0 Å². The third-order valence-electron chi connectivity index (χ3n) is 5.18. The Kier molecular flexibility index (Phi) is 5.43. The highest BCUT2D eigenvalue weighted by atomic mass is 28.3. The molecule has 2 heteroatoms. The SMILES string of the molecule is CCC(C)c1cc(-c2ccc(-c3ccccc3)cc2)ncc1[Si](C)(C)C. The Morgan fingerprint density at radius 3 is 2.00 bits per heavy atom. The van der Waals surface area contributed by atoms with Crippen LogP contribution in [0.4, 0.5) is 0 Å². The Morgan fingerprint density at radius 2 is 1.42 bits per heavy atom. The lowest BCUT2D eigenvalue weighted by molar-refractivity contribution is 0.736. The van der Waals surface area contributed by atoms with Gasteiger partial charge in [-0.2, -0.15) is 0 Å². The molecule has 0 aliphatic heterocycles. The molecule has 0 saturated carbocycles. The van der Waals surface area contributed by atoms with Crippen molar-refractivity contribution in [1.82, 2.24) is 4.98 Å². The molecule has 0 saturated heterocycles. The van der Waals surface area contributed by atoms with Crippen molar-refractivity contribution >= 4 is 13.3 Å². The minimum absolute atomic E-state index is 0.571. The fourth-order valence-electron chi connectivity index (χ4n) is 3.35.